The number of piperazine rings is 1. The zero-order valence-electron chi connectivity index (χ0n) is 21.2. The molecular weight excluding hydrogens is 452 g/mol. The first-order valence-corrected chi connectivity index (χ1v) is 12.5. The second-order valence-electron chi connectivity index (χ2n) is 9.11. The molecule has 0 unspecified atom stereocenters. The standard InChI is InChI=1S/C29H34N4O3/c1-4-36-27-15-11-25(12-16-27)31-28(34)22-5-9-24(10-6-22)30-29(35)23-7-13-26(14-8-23)33-19-17-32(18-20-33)21(2)3/h5-16,21H,4,17-20H2,1-3H3,(H,30,35)(H,31,34). The van der Waals surface area contributed by atoms with Gasteiger partial charge in [0, 0.05) is 60.4 Å². The lowest BCUT2D eigenvalue weighted by Crippen LogP contribution is -2.48. The van der Waals surface area contributed by atoms with Gasteiger partial charge in [0.1, 0.15) is 5.75 Å². The molecule has 3 aromatic carbocycles. The van der Waals surface area contributed by atoms with E-state index in [1.54, 1.807) is 36.4 Å². The zero-order valence-corrected chi connectivity index (χ0v) is 21.2. The molecule has 0 spiro atoms. The fraction of sp³-hybridized carbons (Fsp3) is 0.310. The average Bonchev–Trinajstić information content (AvgIpc) is 2.90. The van der Waals surface area contributed by atoms with Crippen LogP contribution in [-0.4, -0.2) is 55.5 Å². The summed E-state index contributed by atoms with van der Waals surface area (Å²) in [5.74, 6) is 0.356. The summed E-state index contributed by atoms with van der Waals surface area (Å²) in [6.07, 6.45) is 0. The van der Waals surface area contributed by atoms with Crippen molar-refractivity contribution in [3.05, 3.63) is 83.9 Å². The van der Waals surface area contributed by atoms with Crippen molar-refractivity contribution in [2.24, 2.45) is 0 Å². The first kappa shape index (κ1) is 25.3. The van der Waals surface area contributed by atoms with Crippen LogP contribution in [0.25, 0.3) is 0 Å². The minimum absolute atomic E-state index is 0.183. The number of carbonyl (C=O) groups is 2. The van der Waals surface area contributed by atoms with E-state index >= 15 is 0 Å². The molecule has 0 radical (unpaired) electrons. The largest absolute Gasteiger partial charge is 0.494 e. The number of amides is 2. The molecule has 2 N–H and O–H groups in total. The van der Waals surface area contributed by atoms with Gasteiger partial charge in [-0.15, -0.1) is 0 Å². The number of nitrogens with zero attached hydrogens (tertiary/aromatic N) is 2. The van der Waals surface area contributed by atoms with Crippen molar-refractivity contribution in [3.63, 3.8) is 0 Å². The second-order valence-corrected chi connectivity index (χ2v) is 9.11. The van der Waals surface area contributed by atoms with Crippen molar-refractivity contribution in [1.82, 2.24) is 4.90 Å². The van der Waals surface area contributed by atoms with Gasteiger partial charge in [-0.2, -0.15) is 0 Å². The Kier molecular flexibility index (Phi) is 8.23. The summed E-state index contributed by atoms with van der Waals surface area (Å²) >= 11 is 0. The number of rotatable bonds is 8. The fourth-order valence-electron chi connectivity index (χ4n) is 4.23. The van der Waals surface area contributed by atoms with Crippen molar-refractivity contribution in [2.45, 2.75) is 26.8 Å². The van der Waals surface area contributed by atoms with Crippen molar-refractivity contribution >= 4 is 28.9 Å². The molecule has 1 heterocycles. The molecule has 2 amide bonds. The lowest BCUT2D eigenvalue weighted by atomic mass is 10.1. The fourth-order valence-corrected chi connectivity index (χ4v) is 4.23. The van der Waals surface area contributed by atoms with Crippen LogP contribution in [0.15, 0.2) is 72.8 Å². The van der Waals surface area contributed by atoms with Gasteiger partial charge in [0.2, 0.25) is 0 Å². The van der Waals surface area contributed by atoms with Crippen LogP contribution in [0.2, 0.25) is 0 Å². The Balaban J connectivity index is 1.30. The van der Waals surface area contributed by atoms with Gasteiger partial charge in [-0.25, -0.2) is 0 Å². The predicted molar refractivity (Wildman–Crippen MR) is 145 cm³/mol. The van der Waals surface area contributed by atoms with Gasteiger partial charge in [-0.05, 0) is 93.6 Å². The monoisotopic (exact) mass is 486 g/mol. The van der Waals surface area contributed by atoms with E-state index in [1.807, 2.05) is 43.3 Å². The molecule has 7 nitrogen and oxygen atoms in total. The van der Waals surface area contributed by atoms with Crippen LogP contribution in [0.5, 0.6) is 5.75 Å². The van der Waals surface area contributed by atoms with Crippen LogP contribution in [0.4, 0.5) is 17.1 Å². The van der Waals surface area contributed by atoms with Crippen molar-refractivity contribution in [2.75, 3.05) is 48.3 Å². The van der Waals surface area contributed by atoms with Gasteiger partial charge in [0.25, 0.3) is 11.8 Å². The predicted octanol–water partition coefficient (Wildman–Crippen LogP) is 5.12. The summed E-state index contributed by atoms with van der Waals surface area (Å²) in [5.41, 5.74) is 3.55. The van der Waals surface area contributed by atoms with Gasteiger partial charge in [-0.3, -0.25) is 14.5 Å². The molecule has 0 bridgehead atoms. The third-order valence-corrected chi connectivity index (χ3v) is 6.37. The van der Waals surface area contributed by atoms with Crippen LogP contribution in [0.3, 0.4) is 0 Å². The average molecular weight is 487 g/mol. The lowest BCUT2D eigenvalue weighted by Gasteiger charge is -2.38. The van der Waals surface area contributed by atoms with Crippen LogP contribution >= 0.6 is 0 Å². The second kappa shape index (κ2) is 11.7. The minimum atomic E-state index is -0.221. The number of hydrogen-bond acceptors (Lipinski definition) is 5. The highest BCUT2D eigenvalue weighted by molar-refractivity contribution is 6.06. The smallest absolute Gasteiger partial charge is 0.255 e. The number of ether oxygens (including phenoxy) is 1. The molecule has 36 heavy (non-hydrogen) atoms. The van der Waals surface area contributed by atoms with Gasteiger partial charge in [0.05, 0.1) is 6.61 Å². The third-order valence-electron chi connectivity index (χ3n) is 6.37. The summed E-state index contributed by atoms with van der Waals surface area (Å²) < 4.78 is 5.42. The molecule has 1 fully saturated rings. The Morgan fingerprint density at radius 2 is 1.22 bits per heavy atom. The number of carbonyl (C=O) groups excluding carboxylic acids is 2. The molecule has 0 aliphatic carbocycles. The molecule has 1 aliphatic heterocycles. The van der Waals surface area contributed by atoms with E-state index in [4.69, 9.17) is 4.74 Å². The molecule has 1 aliphatic rings. The normalized spacial score (nSPS) is 13.9. The summed E-state index contributed by atoms with van der Waals surface area (Å²) in [6.45, 7) is 11.1. The highest BCUT2D eigenvalue weighted by Gasteiger charge is 2.19. The summed E-state index contributed by atoms with van der Waals surface area (Å²) in [4.78, 5) is 30.1. The molecule has 0 saturated carbocycles. The maximum atomic E-state index is 12.7. The van der Waals surface area contributed by atoms with Crippen LogP contribution in [0.1, 0.15) is 41.5 Å². The van der Waals surface area contributed by atoms with Gasteiger partial charge in [0.15, 0.2) is 0 Å². The van der Waals surface area contributed by atoms with Gasteiger partial charge < -0.3 is 20.3 Å². The first-order valence-electron chi connectivity index (χ1n) is 12.5. The quantitative estimate of drug-likeness (QED) is 0.462. The van der Waals surface area contributed by atoms with E-state index in [9.17, 15) is 9.59 Å². The van der Waals surface area contributed by atoms with E-state index in [0.29, 0.717) is 35.2 Å². The maximum absolute atomic E-state index is 12.7. The maximum Gasteiger partial charge on any atom is 0.255 e. The molecule has 0 atom stereocenters. The van der Waals surface area contributed by atoms with Crippen LogP contribution in [0, 0.1) is 0 Å². The SMILES string of the molecule is CCOc1ccc(NC(=O)c2ccc(NC(=O)c3ccc(N4CCN(C(C)C)CC4)cc3)cc2)cc1. The molecule has 0 aromatic heterocycles. The lowest BCUT2D eigenvalue weighted by molar-refractivity contribution is 0.102. The van der Waals surface area contributed by atoms with Gasteiger partial charge >= 0.3 is 0 Å². The Bertz CT molecular complexity index is 1150. The first-order chi connectivity index (χ1) is 17.4. The highest BCUT2D eigenvalue weighted by Crippen LogP contribution is 2.20. The van der Waals surface area contributed by atoms with E-state index < -0.39 is 0 Å². The molecule has 3 aromatic rings. The Morgan fingerprint density at radius 1 is 0.750 bits per heavy atom. The van der Waals surface area contributed by atoms with Crippen molar-refractivity contribution in [3.8, 4) is 5.75 Å². The van der Waals surface area contributed by atoms with E-state index in [0.717, 1.165) is 37.6 Å². The number of benzene rings is 3. The van der Waals surface area contributed by atoms with Crippen molar-refractivity contribution < 1.29 is 14.3 Å². The third kappa shape index (κ3) is 6.43. The van der Waals surface area contributed by atoms with E-state index in [2.05, 4.69) is 34.3 Å². The van der Waals surface area contributed by atoms with Crippen LogP contribution < -0.4 is 20.3 Å². The number of hydrogen-bond donors (Lipinski definition) is 2. The number of anilines is 3. The summed E-state index contributed by atoms with van der Waals surface area (Å²) in [7, 11) is 0. The Morgan fingerprint density at radius 3 is 1.69 bits per heavy atom. The summed E-state index contributed by atoms with van der Waals surface area (Å²) in [5, 5.41) is 5.77. The molecular formula is C29H34N4O3. The molecule has 7 heteroatoms. The summed E-state index contributed by atoms with van der Waals surface area (Å²) in [6, 6.07) is 22.4. The molecule has 4 rings (SSSR count). The molecule has 1 saturated heterocycles. The highest BCUT2D eigenvalue weighted by atomic mass is 16.5. The topological polar surface area (TPSA) is 73.9 Å². The minimum Gasteiger partial charge on any atom is -0.494 e. The zero-order chi connectivity index (χ0) is 25.5. The van der Waals surface area contributed by atoms with Crippen LogP contribution in [-0.2, 0) is 0 Å². The molecule has 188 valence electrons. The number of nitrogens with one attached hydrogen (secondary N) is 2. The Hall–Kier alpha value is -3.84. The van der Waals surface area contributed by atoms with Gasteiger partial charge in [-0.1, -0.05) is 0 Å². The Labute approximate surface area is 213 Å². The van der Waals surface area contributed by atoms with E-state index in [-0.39, 0.29) is 11.8 Å². The van der Waals surface area contributed by atoms with E-state index in [1.165, 1.54) is 0 Å². The van der Waals surface area contributed by atoms with Crippen molar-refractivity contribution in [1.29, 1.82) is 0 Å².